The van der Waals surface area contributed by atoms with Gasteiger partial charge in [0.05, 0.1) is 19.4 Å². The molecule has 1 rings (SSSR count). The van der Waals surface area contributed by atoms with Gasteiger partial charge in [-0.05, 0) is 13.3 Å². The Labute approximate surface area is 112 Å². The number of hydrogen-bond acceptors (Lipinski definition) is 6. The Morgan fingerprint density at radius 2 is 2.32 bits per heavy atom. The lowest BCUT2D eigenvalue weighted by Gasteiger charge is -2.19. The normalized spacial score (nSPS) is 14.1. The summed E-state index contributed by atoms with van der Waals surface area (Å²) < 4.78 is 15.4. The van der Waals surface area contributed by atoms with Crippen LogP contribution in [0.3, 0.4) is 0 Å². The highest BCUT2D eigenvalue weighted by Gasteiger charge is 2.31. The van der Waals surface area contributed by atoms with E-state index < -0.39 is 5.92 Å². The molecule has 1 N–H and O–H groups in total. The molecule has 0 saturated carbocycles. The minimum absolute atomic E-state index is 0.0934. The van der Waals surface area contributed by atoms with Crippen molar-refractivity contribution in [3.05, 3.63) is 17.5 Å². The lowest BCUT2D eigenvalue weighted by atomic mass is 9.92. The zero-order chi connectivity index (χ0) is 14.3. The number of aromatic nitrogens is 1. The lowest BCUT2D eigenvalue weighted by Crippen LogP contribution is -2.24. The molecule has 0 aliphatic rings. The second-order valence-electron chi connectivity index (χ2n) is 4.50. The molecule has 0 radical (unpaired) electrons. The Morgan fingerprint density at radius 1 is 1.58 bits per heavy atom. The Kier molecular flexibility index (Phi) is 6.52. The Hall–Kier alpha value is -1.40. The van der Waals surface area contributed by atoms with Gasteiger partial charge in [-0.1, -0.05) is 12.1 Å². The number of ether oxygens (including phenoxy) is 2. The van der Waals surface area contributed by atoms with Crippen LogP contribution in [-0.4, -0.2) is 43.2 Å². The van der Waals surface area contributed by atoms with Gasteiger partial charge in [-0.25, -0.2) is 0 Å². The molecule has 6 nitrogen and oxygen atoms in total. The summed E-state index contributed by atoms with van der Waals surface area (Å²) in [6, 6.07) is 1.73. The average molecular weight is 271 g/mol. The number of carbonyl (C=O) groups excluding carboxylic acids is 1. The van der Waals surface area contributed by atoms with Crippen molar-refractivity contribution < 1.29 is 23.9 Å². The number of carbonyl (C=O) groups is 1. The second kappa shape index (κ2) is 7.91. The fourth-order valence-corrected chi connectivity index (χ4v) is 1.82. The first-order valence-corrected chi connectivity index (χ1v) is 6.29. The zero-order valence-electron chi connectivity index (χ0n) is 11.6. The zero-order valence-corrected chi connectivity index (χ0v) is 11.6. The summed E-state index contributed by atoms with van der Waals surface area (Å²) in [6.45, 7) is 4.63. The summed E-state index contributed by atoms with van der Waals surface area (Å²) in [6.07, 6.45) is 0.580. The highest BCUT2D eigenvalue weighted by molar-refractivity contribution is 5.77. The third-order valence-corrected chi connectivity index (χ3v) is 2.80. The van der Waals surface area contributed by atoms with E-state index in [0.717, 1.165) is 5.69 Å². The van der Waals surface area contributed by atoms with E-state index in [9.17, 15) is 4.79 Å². The van der Waals surface area contributed by atoms with Gasteiger partial charge in [-0.2, -0.15) is 0 Å². The molecule has 2 atom stereocenters. The van der Waals surface area contributed by atoms with E-state index in [1.807, 2.05) is 6.92 Å². The second-order valence-corrected chi connectivity index (χ2v) is 4.50. The Morgan fingerprint density at radius 3 is 2.84 bits per heavy atom. The molecule has 0 aliphatic carbocycles. The topological polar surface area (TPSA) is 81.8 Å². The molecule has 1 heterocycles. The van der Waals surface area contributed by atoms with Crippen molar-refractivity contribution in [3.8, 4) is 0 Å². The average Bonchev–Trinajstić information content (AvgIpc) is 2.81. The van der Waals surface area contributed by atoms with Crippen LogP contribution in [0, 0.1) is 12.8 Å². The van der Waals surface area contributed by atoms with Gasteiger partial charge >= 0.3 is 5.97 Å². The smallest absolute Gasteiger partial charge is 0.316 e. The number of nitrogens with zero attached hydrogens (tertiary/aromatic N) is 1. The number of hydrogen-bond donors (Lipinski definition) is 1. The molecule has 108 valence electrons. The molecule has 1 unspecified atom stereocenters. The lowest BCUT2D eigenvalue weighted by molar-refractivity contribution is -0.145. The van der Waals surface area contributed by atoms with Crippen LogP contribution >= 0.6 is 0 Å². The predicted molar refractivity (Wildman–Crippen MR) is 67.7 cm³/mol. The molecule has 6 heteroatoms. The maximum atomic E-state index is 11.8. The monoisotopic (exact) mass is 271 g/mol. The van der Waals surface area contributed by atoms with Gasteiger partial charge in [0.1, 0.15) is 5.92 Å². The summed E-state index contributed by atoms with van der Waals surface area (Å²) in [5.74, 6) is -0.504. The van der Waals surface area contributed by atoms with Crippen molar-refractivity contribution in [1.82, 2.24) is 5.16 Å². The number of methoxy groups -OCH3 is 1. The SMILES string of the molecule is COC(=O)C(c1cc(C)no1)[C@@H](C)COCCCO. The molecule has 0 spiro atoms. The van der Waals surface area contributed by atoms with Gasteiger partial charge in [0.25, 0.3) is 0 Å². The van der Waals surface area contributed by atoms with Gasteiger partial charge in [0.15, 0.2) is 5.76 Å². The molecule has 0 aromatic carbocycles. The van der Waals surface area contributed by atoms with Crippen molar-refractivity contribution in [2.24, 2.45) is 5.92 Å². The van der Waals surface area contributed by atoms with E-state index in [-0.39, 0.29) is 18.5 Å². The standard InChI is InChI=1S/C13H21NO5/c1-9(8-18-6-4-5-15)12(13(16)17-3)11-7-10(2)14-19-11/h7,9,12,15H,4-6,8H2,1-3H3/t9-,12?/m0/s1. The molecule has 1 aromatic heterocycles. The maximum absolute atomic E-state index is 11.8. The van der Waals surface area contributed by atoms with Crippen molar-refractivity contribution >= 4 is 5.97 Å². The van der Waals surface area contributed by atoms with Gasteiger partial charge < -0.3 is 19.1 Å². The Bertz CT molecular complexity index is 390. The molecule has 0 bridgehead atoms. The highest BCUT2D eigenvalue weighted by atomic mass is 16.5. The van der Waals surface area contributed by atoms with Gasteiger partial charge in [-0.3, -0.25) is 4.79 Å². The molecule has 0 fully saturated rings. The van der Waals surface area contributed by atoms with Gasteiger partial charge in [-0.15, -0.1) is 0 Å². The van der Waals surface area contributed by atoms with Crippen LogP contribution in [0.5, 0.6) is 0 Å². The number of aliphatic hydroxyl groups excluding tert-OH is 1. The van der Waals surface area contributed by atoms with E-state index in [0.29, 0.717) is 25.4 Å². The predicted octanol–water partition coefficient (Wildman–Crippen LogP) is 1.27. The van der Waals surface area contributed by atoms with Crippen LogP contribution in [0.1, 0.15) is 30.7 Å². The van der Waals surface area contributed by atoms with Gasteiger partial charge in [0, 0.05) is 25.2 Å². The summed E-state index contributed by atoms with van der Waals surface area (Å²) in [5, 5.41) is 12.5. The van der Waals surface area contributed by atoms with E-state index >= 15 is 0 Å². The number of esters is 1. The van der Waals surface area contributed by atoms with E-state index in [2.05, 4.69) is 5.16 Å². The minimum Gasteiger partial charge on any atom is -0.468 e. The molecular formula is C13H21NO5. The number of rotatable bonds is 8. The quantitative estimate of drug-likeness (QED) is 0.566. The molecule has 1 aromatic rings. The summed E-state index contributed by atoms with van der Waals surface area (Å²) in [5.41, 5.74) is 0.720. The summed E-state index contributed by atoms with van der Waals surface area (Å²) in [7, 11) is 1.35. The van der Waals surface area contributed by atoms with Crippen LogP contribution in [0.15, 0.2) is 10.6 Å². The summed E-state index contributed by atoms with van der Waals surface area (Å²) in [4.78, 5) is 11.8. The third-order valence-electron chi connectivity index (χ3n) is 2.80. The first kappa shape index (κ1) is 15.7. The van der Waals surface area contributed by atoms with Crippen molar-refractivity contribution in [2.75, 3.05) is 26.9 Å². The highest BCUT2D eigenvalue weighted by Crippen LogP contribution is 2.27. The largest absolute Gasteiger partial charge is 0.468 e. The van der Waals surface area contributed by atoms with Crippen LogP contribution in [0.4, 0.5) is 0 Å². The third kappa shape index (κ3) is 4.65. The van der Waals surface area contributed by atoms with Crippen LogP contribution in [-0.2, 0) is 14.3 Å². The van der Waals surface area contributed by atoms with Gasteiger partial charge in [0.2, 0.25) is 0 Å². The molecule has 0 amide bonds. The fraction of sp³-hybridized carbons (Fsp3) is 0.692. The van der Waals surface area contributed by atoms with Crippen molar-refractivity contribution in [1.29, 1.82) is 0 Å². The first-order valence-electron chi connectivity index (χ1n) is 6.29. The number of aryl methyl sites for hydroxylation is 1. The van der Waals surface area contributed by atoms with Crippen LogP contribution < -0.4 is 0 Å². The van der Waals surface area contributed by atoms with E-state index in [1.165, 1.54) is 7.11 Å². The minimum atomic E-state index is -0.527. The van der Waals surface area contributed by atoms with Crippen LogP contribution in [0.25, 0.3) is 0 Å². The fourth-order valence-electron chi connectivity index (χ4n) is 1.82. The molecule has 19 heavy (non-hydrogen) atoms. The molecular weight excluding hydrogens is 250 g/mol. The van der Waals surface area contributed by atoms with Crippen molar-refractivity contribution in [3.63, 3.8) is 0 Å². The Balaban J connectivity index is 2.66. The van der Waals surface area contributed by atoms with E-state index in [1.54, 1.807) is 13.0 Å². The molecule has 0 aliphatic heterocycles. The summed E-state index contributed by atoms with van der Waals surface area (Å²) >= 11 is 0. The van der Waals surface area contributed by atoms with Crippen molar-refractivity contribution in [2.45, 2.75) is 26.2 Å². The van der Waals surface area contributed by atoms with E-state index in [4.69, 9.17) is 19.1 Å². The first-order chi connectivity index (χ1) is 9.10. The van der Waals surface area contributed by atoms with Crippen LogP contribution in [0.2, 0.25) is 0 Å². The maximum Gasteiger partial charge on any atom is 0.316 e. The molecule has 0 saturated heterocycles. The number of aliphatic hydroxyl groups is 1.